The highest BCUT2D eigenvalue weighted by atomic mass is 16.5. The third-order valence-corrected chi connectivity index (χ3v) is 2.83. The highest BCUT2D eigenvalue weighted by Gasteiger charge is 2.03. The van der Waals surface area contributed by atoms with Gasteiger partial charge in [0.05, 0.1) is 0 Å². The van der Waals surface area contributed by atoms with Gasteiger partial charge in [0.25, 0.3) is 0 Å². The summed E-state index contributed by atoms with van der Waals surface area (Å²) in [4.78, 5) is 0. The molecule has 0 spiro atoms. The average Bonchev–Trinajstić information content (AvgIpc) is 2.48. The van der Waals surface area contributed by atoms with Crippen LogP contribution in [0, 0.1) is 18.3 Å². The van der Waals surface area contributed by atoms with E-state index in [9.17, 15) is 0 Å². The standard InChI is InChI=1S/C16H14N2O2/c1-12-3-2-4-15(9-12)20-11-13-5-7-14(8-6-13)16(10-17)18-19/h2-9,19H,11H2,1H3/b18-16-. The molecule has 4 heteroatoms. The van der Waals surface area contributed by atoms with Crippen molar-refractivity contribution in [3.8, 4) is 11.8 Å². The summed E-state index contributed by atoms with van der Waals surface area (Å²) in [5, 5.41) is 20.4. The van der Waals surface area contributed by atoms with Crippen molar-refractivity contribution in [1.29, 1.82) is 5.26 Å². The van der Waals surface area contributed by atoms with Gasteiger partial charge >= 0.3 is 0 Å². The summed E-state index contributed by atoms with van der Waals surface area (Å²) < 4.78 is 5.68. The predicted octanol–water partition coefficient (Wildman–Crippen LogP) is 3.28. The molecule has 20 heavy (non-hydrogen) atoms. The Morgan fingerprint density at radius 3 is 2.60 bits per heavy atom. The third-order valence-electron chi connectivity index (χ3n) is 2.83. The van der Waals surface area contributed by atoms with Crippen LogP contribution in [0.2, 0.25) is 0 Å². The van der Waals surface area contributed by atoms with Crippen LogP contribution in [0.5, 0.6) is 5.75 Å². The van der Waals surface area contributed by atoms with E-state index in [-0.39, 0.29) is 5.71 Å². The van der Waals surface area contributed by atoms with Gasteiger partial charge in [-0.2, -0.15) is 5.26 Å². The first-order valence-corrected chi connectivity index (χ1v) is 6.14. The van der Waals surface area contributed by atoms with Gasteiger partial charge in [-0.1, -0.05) is 41.6 Å². The summed E-state index contributed by atoms with van der Waals surface area (Å²) in [6.45, 7) is 2.46. The van der Waals surface area contributed by atoms with Crippen molar-refractivity contribution in [2.45, 2.75) is 13.5 Å². The quantitative estimate of drug-likeness (QED) is 0.524. The van der Waals surface area contributed by atoms with Crippen molar-refractivity contribution < 1.29 is 9.94 Å². The number of hydrogen-bond acceptors (Lipinski definition) is 4. The molecule has 0 unspecified atom stereocenters. The van der Waals surface area contributed by atoms with Gasteiger partial charge in [0, 0.05) is 5.56 Å². The van der Waals surface area contributed by atoms with Crippen molar-refractivity contribution in [3.63, 3.8) is 0 Å². The van der Waals surface area contributed by atoms with Crippen molar-refractivity contribution >= 4 is 5.71 Å². The topological polar surface area (TPSA) is 65.6 Å². The molecular weight excluding hydrogens is 252 g/mol. The van der Waals surface area contributed by atoms with Crippen LogP contribution in [0.3, 0.4) is 0 Å². The second-order valence-electron chi connectivity index (χ2n) is 4.36. The molecule has 0 aliphatic heterocycles. The molecule has 2 aromatic rings. The van der Waals surface area contributed by atoms with Crippen LogP contribution in [-0.4, -0.2) is 10.9 Å². The Morgan fingerprint density at radius 1 is 1.25 bits per heavy atom. The highest BCUT2D eigenvalue weighted by Crippen LogP contribution is 2.15. The number of hydrogen-bond donors (Lipinski definition) is 1. The molecule has 0 radical (unpaired) electrons. The second-order valence-corrected chi connectivity index (χ2v) is 4.36. The Bertz CT molecular complexity index is 655. The van der Waals surface area contributed by atoms with Crippen LogP contribution in [-0.2, 0) is 6.61 Å². The van der Waals surface area contributed by atoms with Crippen LogP contribution in [0.1, 0.15) is 16.7 Å². The van der Waals surface area contributed by atoms with Crippen LogP contribution < -0.4 is 4.74 Å². The lowest BCUT2D eigenvalue weighted by Crippen LogP contribution is -1.99. The molecule has 0 saturated carbocycles. The highest BCUT2D eigenvalue weighted by molar-refractivity contribution is 6.11. The lowest BCUT2D eigenvalue weighted by Gasteiger charge is -2.07. The van der Waals surface area contributed by atoms with E-state index < -0.39 is 0 Å². The van der Waals surface area contributed by atoms with Crippen LogP contribution in [0.4, 0.5) is 0 Å². The summed E-state index contributed by atoms with van der Waals surface area (Å²) in [5.74, 6) is 0.823. The number of aryl methyl sites for hydroxylation is 1. The minimum Gasteiger partial charge on any atom is -0.489 e. The van der Waals surface area contributed by atoms with E-state index in [1.165, 1.54) is 0 Å². The van der Waals surface area contributed by atoms with Gasteiger partial charge in [0.2, 0.25) is 0 Å². The number of ether oxygens (including phenoxy) is 1. The summed E-state index contributed by atoms with van der Waals surface area (Å²) in [7, 11) is 0. The molecular formula is C16H14N2O2. The zero-order valence-corrected chi connectivity index (χ0v) is 11.1. The molecule has 0 aliphatic rings. The van der Waals surface area contributed by atoms with Gasteiger partial charge in [-0.25, -0.2) is 0 Å². The normalized spacial score (nSPS) is 10.9. The van der Waals surface area contributed by atoms with E-state index in [0.29, 0.717) is 12.2 Å². The summed E-state index contributed by atoms with van der Waals surface area (Å²) in [5.41, 5.74) is 2.70. The zero-order valence-electron chi connectivity index (χ0n) is 11.1. The molecule has 0 aromatic heterocycles. The first kappa shape index (κ1) is 13.6. The van der Waals surface area contributed by atoms with Gasteiger partial charge in [-0.3, -0.25) is 0 Å². The van der Waals surface area contributed by atoms with Gasteiger partial charge in [-0.15, -0.1) is 0 Å². The zero-order chi connectivity index (χ0) is 14.4. The summed E-state index contributed by atoms with van der Waals surface area (Å²) >= 11 is 0. The molecule has 1 N–H and O–H groups in total. The smallest absolute Gasteiger partial charge is 0.186 e. The fourth-order valence-electron chi connectivity index (χ4n) is 1.78. The Hall–Kier alpha value is -2.80. The minimum absolute atomic E-state index is 0.00356. The molecule has 0 atom stereocenters. The second kappa shape index (κ2) is 6.39. The summed E-state index contributed by atoms with van der Waals surface area (Å²) in [6.07, 6.45) is 0. The van der Waals surface area contributed by atoms with Crippen molar-refractivity contribution in [1.82, 2.24) is 0 Å². The lowest BCUT2D eigenvalue weighted by molar-refractivity contribution is 0.306. The first-order chi connectivity index (χ1) is 9.72. The minimum atomic E-state index is -0.00356. The van der Waals surface area contributed by atoms with Crippen LogP contribution >= 0.6 is 0 Å². The Balaban J connectivity index is 2.03. The maximum Gasteiger partial charge on any atom is 0.186 e. The van der Waals surface area contributed by atoms with E-state index in [1.807, 2.05) is 49.4 Å². The van der Waals surface area contributed by atoms with Crippen molar-refractivity contribution in [2.24, 2.45) is 5.16 Å². The molecule has 4 nitrogen and oxygen atoms in total. The monoisotopic (exact) mass is 266 g/mol. The van der Waals surface area contributed by atoms with Crippen LogP contribution in [0.25, 0.3) is 0 Å². The van der Waals surface area contributed by atoms with Gasteiger partial charge in [-0.05, 0) is 30.2 Å². The molecule has 2 aromatic carbocycles. The van der Waals surface area contributed by atoms with Crippen molar-refractivity contribution in [2.75, 3.05) is 0 Å². The molecule has 0 saturated heterocycles. The number of oxime groups is 1. The van der Waals surface area contributed by atoms with E-state index in [1.54, 1.807) is 12.1 Å². The largest absolute Gasteiger partial charge is 0.489 e. The molecule has 0 heterocycles. The maximum atomic E-state index is 8.76. The van der Waals surface area contributed by atoms with Gasteiger partial charge < -0.3 is 9.94 Å². The molecule has 100 valence electrons. The fourth-order valence-corrected chi connectivity index (χ4v) is 1.78. The Kier molecular flexibility index (Phi) is 4.35. The number of rotatable bonds is 4. The first-order valence-electron chi connectivity index (χ1n) is 6.14. The number of nitriles is 1. The summed E-state index contributed by atoms with van der Waals surface area (Å²) in [6, 6.07) is 16.8. The van der Waals surface area contributed by atoms with Crippen molar-refractivity contribution in [3.05, 3.63) is 65.2 Å². The van der Waals surface area contributed by atoms with Gasteiger partial charge in [0.15, 0.2) is 5.71 Å². The molecule has 0 bridgehead atoms. The molecule has 0 amide bonds. The predicted molar refractivity (Wildman–Crippen MR) is 75.9 cm³/mol. The lowest BCUT2D eigenvalue weighted by atomic mass is 10.1. The molecule has 0 aliphatic carbocycles. The Labute approximate surface area is 117 Å². The maximum absolute atomic E-state index is 8.76. The van der Waals surface area contributed by atoms with E-state index in [0.717, 1.165) is 16.9 Å². The molecule has 0 fully saturated rings. The van der Waals surface area contributed by atoms with Crippen LogP contribution in [0.15, 0.2) is 53.7 Å². The Morgan fingerprint density at radius 2 is 2.00 bits per heavy atom. The van der Waals surface area contributed by atoms with E-state index in [2.05, 4.69) is 5.16 Å². The van der Waals surface area contributed by atoms with E-state index in [4.69, 9.17) is 15.2 Å². The average molecular weight is 266 g/mol. The fraction of sp³-hybridized carbons (Fsp3) is 0.125. The van der Waals surface area contributed by atoms with E-state index >= 15 is 0 Å². The molecule has 2 rings (SSSR count). The number of nitrogens with zero attached hydrogens (tertiary/aromatic N) is 2. The number of benzene rings is 2. The van der Waals surface area contributed by atoms with Gasteiger partial charge in [0.1, 0.15) is 18.4 Å². The SMILES string of the molecule is Cc1cccc(OCc2ccc(/C(C#N)=N\O)cc2)c1. The third kappa shape index (κ3) is 3.36.